The standard InChI is InChI=1S/C16H16N2O2.C7H8O3S.Co/c19-15-7-3-1-5-13(15)11-17-9-10-18-12-14-6-2-4-8-16(14)20;1-6-2-4-7(5-3-6)11(8,9)10;/h1-8,11-12,19-20H,9-10H2;2-5H,1H3,(H,8,9,10);. The zero-order chi connectivity index (χ0) is 22.7. The Morgan fingerprint density at radius 1 is 0.750 bits per heavy atom. The Morgan fingerprint density at radius 3 is 1.53 bits per heavy atom. The van der Waals surface area contributed by atoms with Crippen molar-refractivity contribution in [2.24, 2.45) is 9.98 Å². The van der Waals surface area contributed by atoms with E-state index in [4.69, 9.17) is 4.55 Å². The molecule has 32 heavy (non-hydrogen) atoms. The smallest absolute Gasteiger partial charge is 0.294 e. The molecule has 3 N–H and O–H groups in total. The summed E-state index contributed by atoms with van der Waals surface area (Å²) in [5, 5.41) is 19.1. The summed E-state index contributed by atoms with van der Waals surface area (Å²) < 4.78 is 29.6. The average Bonchev–Trinajstić information content (AvgIpc) is 2.73. The summed E-state index contributed by atoms with van der Waals surface area (Å²) in [6.45, 7) is 2.89. The first-order valence-electron chi connectivity index (χ1n) is 9.37. The zero-order valence-corrected chi connectivity index (χ0v) is 19.1. The van der Waals surface area contributed by atoms with E-state index in [1.165, 1.54) is 12.1 Å². The number of hydrogen-bond acceptors (Lipinski definition) is 6. The molecule has 0 bridgehead atoms. The fraction of sp³-hybridized carbons (Fsp3) is 0.130. The van der Waals surface area contributed by atoms with E-state index in [9.17, 15) is 18.6 Å². The van der Waals surface area contributed by atoms with Crippen molar-refractivity contribution in [3.05, 3.63) is 89.5 Å². The number of phenols is 2. The minimum absolute atomic E-state index is 0. The number of phenolic OH excluding ortho intramolecular Hbond substituents is 2. The molecule has 0 atom stereocenters. The average molecular weight is 499 g/mol. The Kier molecular flexibility index (Phi) is 11.4. The molecule has 0 aliphatic heterocycles. The van der Waals surface area contributed by atoms with E-state index in [0.29, 0.717) is 24.2 Å². The van der Waals surface area contributed by atoms with Crippen LogP contribution in [0.4, 0.5) is 0 Å². The number of aliphatic imine (C=N–C) groups is 2. The molecule has 0 aliphatic rings. The summed E-state index contributed by atoms with van der Waals surface area (Å²) >= 11 is 0. The maximum atomic E-state index is 10.5. The van der Waals surface area contributed by atoms with Crippen LogP contribution < -0.4 is 0 Å². The number of para-hydroxylation sites is 2. The number of aryl methyl sites for hydroxylation is 1. The fourth-order valence-electron chi connectivity index (χ4n) is 2.34. The van der Waals surface area contributed by atoms with Gasteiger partial charge in [-0.25, -0.2) is 0 Å². The second kappa shape index (κ2) is 13.4. The van der Waals surface area contributed by atoms with Gasteiger partial charge in [0.2, 0.25) is 0 Å². The van der Waals surface area contributed by atoms with Crippen LogP contribution in [0.3, 0.4) is 0 Å². The first-order chi connectivity index (χ1) is 14.8. The fourth-order valence-corrected chi connectivity index (χ4v) is 2.82. The molecule has 9 heteroatoms. The molecule has 0 saturated heterocycles. The van der Waals surface area contributed by atoms with Gasteiger partial charge in [-0.15, -0.1) is 0 Å². The third kappa shape index (κ3) is 9.44. The van der Waals surface area contributed by atoms with E-state index in [1.807, 2.05) is 19.1 Å². The second-order valence-corrected chi connectivity index (χ2v) is 7.90. The Morgan fingerprint density at radius 2 is 1.16 bits per heavy atom. The number of hydrogen-bond donors (Lipinski definition) is 3. The van der Waals surface area contributed by atoms with Crippen molar-refractivity contribution in [2.75, 3.05) is 13.1 Å². The molecule has 3 aromatic rings. The molecule has 0 aliphatic carbocycles. The van der Waals surface area contributed by atoms with Gasteiger partial charge >= 0.3 is 0 Å². The van der Waals surface area contributed by atoms with Gasteiger partial charge in [0.15, 0.2) is 0 Å². The van der Waals surface area contributed by atoms with E-state index in [1.54, 1.807) is 61.0 Å². The van der Waals surface area contributed by atoms with Gasteiger partial charge in [0.25, 0.3) is 10.1 Å². The number of aromatic hydroxyl groups is 2. The molecule has 0 amide bonds. The molecule has 3 rings (SSSR count). The molecule has 0 heterocycles. The van der Waals surface area contributed by atoms with Crippen LogP contribution in [0.2, 0.25) is 0 Å². The minimum atomic E-state index is -4.02. The van der Waals surface area contributed by atoms with Gasteiger partial charge in [-0.3, -0.25) is 14.5 Å². The first-order valence-corrected chi connectivity index (χ1v) is 10.8. The summed E-state index contributed by atoms with van der Waals surface area (Å²) in [6, 6.07) is 20.0. The molecule has 1 radical (unpaired) electrons. The van der Waals surface area contributed by atoms with Crippen molar-refractivity contribution in [3.63, 3.8) is 0 Å². The predicted molar refractivity (Wildman–Crippen MR) is 122 cm³/mol. The predicted octanol–water partition coefficient (Wildman–Crippen LogP) is 3.88. The molecular formula is C23H24CoN2O5S. The Bertz CT molecular complexity index is 1090. The van der Waals surface area contributed by atoms with Crippen LogP contribution >= 0.6 is 0 Å². The van der Waals surface area contributed by atoms with Gasteiger partial charge < -0.3 is 10.2 Å². The number of nitrogens with zero attached hydrogens (tertiary/aromatic N) is 2. The van der Waals surface area contributed by atoms with E-state index in [2.05, 4.69) is 9.98 Å². The van der Waals surface area contributed by atoms with Crippen LogP contribution in [0.5, 0.6) is 11.5 Å². The Hall–Kier alpha value is -2.98. The molecule has 171 valence electrons. The third-order valence-corrected chi connectivity index (χ3v) is 4.88. The van der Waals surface area contributed by atoms with Crippen molar-refractivity contribution >= 4 is 22.5 Å². The maximum absolute atomic E-state index is 10.5. The van der Waals surface area contributed by atoms with Crippen LogP contribution in [0.25, 0.3) is 0 Å². The summed E-state index contributed by atoms with van der Waals surface area (Å²) in [4.78, 5) is 8.32. The van der Waals surface area contributed by atoms with Gasteiger partial charge in [-0.2, -0.15) is 8.42 Å². The van der Waals surface area contributed by atoms with Crippen molar-refractivity contribution in [3.8, 4) is 11.5 Å². The topological polar surface area (TPSA) is 120 Å². The van der Waals surface area contributed by atoms with Crippen LogP contribution in [-0.2, 0) is 26.9 Å². The van der Waals surface area contributed by atoms with Gasteiger partial charge in [0.1, 0.15) is 11.5 Å². The Labute approximate surface area is 198 Å². The molecule has 0 saturated carbocycles. The SMILES string of the molecule is Cc1ccc(S(=O)(=O)O)cc1.Oc1ccccc1C=NCCN=Cc1ccccc1O.[Co]. The molecule has 7 nitrogen and oxygen atoms in total. The third-order valence-electron chi connectivity index (χ3n) is 4.01. The molecule has 0 spiro atoms. The van der Waals surface area contributed by atoms with Gasteiger partial charge in [0, 0.05) is 40.3 Å². The minimum Gasteiger partial charge on any atom is -0.507 e. The van der Waals surface area contributed by atoms with Crippen LogP contribution in [0.1, 0.15) is 16.7 Å². The molecule has 0 unspecified atom stereocenters. The zero-order valence-electron chi connectivity index (χ0n) is 17.3. The summed E-state index contributed by atoms with van der Waals surface area (Å²) in [5.41, 5.74) is 2.34. The van der Waals surface area contributed by atoms with Crippen molar-refractivity contribution in [1.82, 2.24) is 0 Å². The first kappa shape index (κ1) is 27.1. The number of rotatable bonds is 6. The molecule has 0 aromatic heterocycles. The van der Waals surface area contributed by atoms with Gasteiger partial charge in [0.05, 0.1) is 18.0 Å². The van der Waals surface area contributed by atoms with Gasteiger partial charge in [-0.05, 0) is 43.3 Å². The molecule has 0 fully saturated rings. The molecular weight excluding hydrogens is 475 g/mol. The largest absolute Gasteiger partial charge is 0.507 e. The summed E-state index contributed by atoms with van der Waals surface area (Å²) in [6.07, 6.45) is 3.26. The number of benzene rings is 3. The maximum Gasteiger partial charge on any atom is 0.294 e. The monoisotopic (exact) mass is 499 g/mol. The van der Waals surface area contributed by atoms with Crippen molar-refractivity contribution in [2.45, 2.75) is 11.8 Å². The summed E-state index contributed by atoms with van der Waals surface area (Å²) in [5.74, 6) is 0.433. The van der Waals surface area contributed by atoms with Crippen LogP contribution in [-0.4, -0.2) is 48.7 Å². The Balaban J connectivity index is 0.000000364. The second-order valence-electron chi connectivity index (χ2n) is 6.48. The van der Waals surface area contributed by atoms with Crippen LogP contribution in [0, 0.1) is 6.92 Å². The van der Waals surface area contributed by atoms with Crippen LogP contribution in [0.15, 0.2) is 87.7 Å². The van der Waals surface area contributed by atoms with E-state index < -0.39 is 10.1 Å². The van der Waals surface area contributed by atoms with Crippen molar-refractivity contribution in [1.29, 1.82) is 0 Å². The van der Waals surface area contributed by atoms with Gasteiger partial charge in [-0.1, -0.05) is 42.0 Å². The van der Waals surface area contributed by atoms with E-state index >= 15 is 0 Å². The molecule has 3 aromatic carbocycles. The quantitative estimate of drug-likeness (QED) is 0.270. The van der Waals surface area contributed by atoms with E-state index in [-0.39, 0.29) is 33.2 Å². The normalized spacial score (nSPS) is 11.1. The van der Waals surface area contributed by atoms with E-state index in [0.717, 1.165) is 5.56 Å². The van der Waals surface area contributed by atoms with Crippen molar-refractivity contribution < 1.29 is 40.0 Å². The summed E-state index contributed by atoms with van der Waals surface area (Å²) in [7, 11) is -4.02.